The van der Waals surface area contributed by atoms with Crippen LogP contribution in [0.1, 0.15) is 41.1 Å². The minimum atomic E-state index is -0.795. The summed E-state index contributed by atoms with van der Waals surface area (Å²) in [6.45, 7) is 2.82. The molecular formula is C18H20FNO2S. The molecule has 0 aliphatic carbocycles. The molecule has 0 bridgehead atoms. The van der Waals surface area contributed by atoms with Gasteiger partial charge in [0.1, 0.15) is 11.9 Å². The Kier molecular flexibility index (Phi) is 4.78. The first-order valence-corrected chi connectivity index (χ1v) is 8.74. The summed E-state index contributed by atoms with van der Waals surface area (Å²) in [5.41, 5.74) is 0.822. The number of thiophene rings is 1. The van der Waals surface area contributed by atoms with Gasteiger partial charge in [-0.1, -0.05) is 19.1 Å². The van der Waals surface area contributed by atoms with Crippen molar-refractivity contribution < 1.29 is 14.3 Å². The molecule has 122 valence electrons. The summed E-state index contributed by atoms with van der Waals surface area (Å²) < 4.78 is 13.7. The molecule has 0 amide bonds. The smallest absolute Gasteiger partial charge is 0.320 e. The molecular weight excluding hydrogens is 313 g/mol. The quantitative estimate of drug-likeness (QED) is 0.896. The molecule has 1 saturated heterocycles. The molecule has 0 saturated carbocycles. The standard InChI is InChI=1S/C18H20FNO2S/c1-2-14-8-9-16(23-14)17(12-5-3-6-13(19)11-12)20-10-4-7-15(20)18(21)22/h3,5-6,8-9,11,15,17H,2,4,7,10H2,1H3,(H,21,22). The summed E-state index contributed by atoms with van der Waals surface area (Å²) in [5.74, 6) is -1.08. The van der Waals surface area contributed by atoms with Crippen LogP contribution in [0.3, 0.4) is 0 Å². The highest BCUT2D eigenvalue weighted by Crippen LogP contribution is 2.38. The number of halogens is 1. The number of nitrogens with zero attached hydrogens (tertiary/aromatic N) is 1. The summed E-state index contributed by atoms with van der Waals surface area (Å²) in [6, 6.07) is 9.95. The van der Waals surface area contributed by atoms with Crippen molar-refractivity contribution in [2.45, 2.75) is 38.3 Å². The number of benzene rings is 1. The largest absolute Gasteiger partial charge is 0.480 e. The van der Waals surface area contributed by atoms with Crippen LogP contribution in [0.5, 0.6) is 0 Å². The Morgan fingerprint density at radius 3 is 2.91 bits per heavy atom. The van der Waals surface area contributed by atoms with E-state index in [-0.39, 0.29) is 11.9 Å². The highest BCUT2D eigenvalue weighted by Gasteiger charge is 2.37. The lowest BCUT2D eigenvalue weighted by molar-refractivity contribution is -0.142. The molecule has 3 nitrogen and oxygen atoms in total. The van der Waals surface area contributed by atoms with E-state index in [0.29, 0.717) is 6.42 Å². The van der Waals surface area contributed by atoms with Crippen LogP contribution in [0, 0.1) is 5.82 Å². The zero-order valence-corrected chi connectivity index (χ0v) is 13.9. The van der Waals surface area contributed by atoms with Gasteiger partial charge in [-0.3, -0.25) is 9.69 Å². The first-order chi connectivity index (χ1) is 11.1. The molecule has 3 rings (SSSR count). The number of carboxylic acids is 1. The van der Waals surface area contributed by atoms with Crippen molar-refractivity contribution >= 4 is 17.3 Å². The predicted molar refractivity (Wildman–Crippen MR) is 89.3 cm³/mol. The third kappa shape index (κ3) is 3.31. The number of hydrogen-bond acceptors (Lipinski definition) is 3. The number of carboxylic acid groups (broad SMARTS) is 1. The lowest BCUT2D eigenvalue weighted by Gasteiger charge is -2.31. The van der Waals surface area contributed by atoms with Crippen LogP contribution in [0.2, 0.25) is 0 Å². The van der Waals surface area contributed by atoms with Crippen LogP contribution in [0.25, 0.3) is 0 Å². The van der Waals surface area contributed by atoms with Gasteiger partial charge in [0.25, 0.3) is 0 Å². The molecule has 1 fully saturated rings. The Hall–Kier alpha value is -1.72. The minimum absolute atomic E-state index is 0.195. The monoisotopic (exact) mass is 333 g/mol. The van der Waals surface area contributed by atoms with Gasteiger partial charge < -0.3 is 5.11 Å². The highest BCUT2D eigenvalue weighted by atomic mass is 32.1. The van der Waals surface area contributed by atoms with Crippen molar-refractivity contribution in [1.82, 2.24) is 4.90 Å². The van der Waals surface area contributed by atoms with Gasteiger partial charge in [-0.25, -0.2) is 4.39 Å². The second-order valence-electron chi connectivity index (χ2n) is 5.85. The maximum absolute atomic E-state index is 13.7. The van der Waals surface area contributed by atoms with Gasteiger partial charge in [-0.15, -0.1) is 11.3 Å². The lowest BCUT2D eigenvalue weighted by atomic mass is 10.0. The van der Waals surface area contributed by atoms with Crippen LogP contribution in [-0.2, 0) is 11.2 Å². The molecule has 1 N–H and O–H groups in total. The van der Waals surface area contributed by atoms with Gasteiger partial charge in [-0.05, 0) is 49.1 Å². The van der Waals surface area contributed by atoms with E-state index in [9.17, 15) is 14.3 Å². The molecule has 1 aromatic heterocycles. The number of hydrogen-bond donors (Lipinski definition) is 1. The third-order valence-corrected chi connectivity index (χ3v) is 5.66. The molecule has 2 heterocycles. The molecule has 5 heteroatoms. The maximum Gasteiger partial charge on any atom is 0.320 e. The Bertz CT molecular complexity index is 700. The number of aliphatic carboxylic acids is 1. The molecule has 1 aromatic carbocycles. The van der Waals surface area contributed by atoms with E-state index >= 15 is 0 Å². The normalized spacial score (nSPS) is 19.8. The third-order valence-electron chi connectivity index (χ3n) is 4.38. The fourth-order valence-electron chi connectivity index (χ4n) is 3.29. The summed E-state index contributed by atoms with van der Waals surface area (Å²) in [6.07, 6.45) is 2.45. The van der Waals surface area contributed by atoms with Gasteiger partial charge in [-0.2, -0.15) is 0 Å². The first kappa shape index (κ1) is 16.1. The highest BCUT2D eigenvalue weighted by molar-refractivity contribution is 7.12. The second-order valence-corrected chi connectivity index (χ2v) is 7.05. The van der Waals surface area contributed by atoms with E-state index in [0.717, 1.165) is 29.8 Å². The summed E-state index contributed by atoms with van der Waals surface area (Å²) >= 11 is 1.69. The molecule has 23 heavy (non-hydrogen) atoms. The SMILES string of the molecule is CCc1ccc(C(c2cccc(F)c2)N2CCCC2C(=O)O)s1. The fourth-order valence-corrected chi connectivity index (χ4v) is 4.39. The number of likely N-dealkylation sites (tertiary alicyclic amines) is 1. The van der Waals surface area contributed by atoms with Crippen LogP contribution >= 0.6 is 11.3 Å². The number of carbonyl (C=O) groups is 1. The molecule has 2 unspecified atom stereocenters. The Morgan fingerprint density at radius 2 is 2.26 bits per heavy atom. The number of aryl methyl sites for hydroxylation is 1. The van der Waals surface area contributed by atoms with Gasteiger partial charge in [0.15, 0.2) is 0 Å². The Labute approximate surface area is 139 Å². The maximum atomic E-state index is 13.7. The van der Waals surface area contributed by atoms with Crippen molar-refractivity contribution in [3.63, 3.8) is 0 Å². The summed E-state index contributed by atoms with van der Waals surface area (Å²) in [7, 11) is 0. The summed E-state index contributed by atoms with van der Waals surface area (Å²) in [5, 5.41) is 9.52. The average Bonchev–Trinajstić information content (AvgIpc) is 3.17. The van der Waals surface area contributed by atoms with E-state index in [1.165, 1.54) is 17.0 Å². The van der Waals surface area contributed by atoms with E-state index < -0.39 is 12.0 Å². The van der Waals surface area contributed by atoms with Crippen molar-refractivity contribution in [2.75, 3.05) is 6.54 Å². The zero-order valence-electron chi connectivity index (χ0n) is 13.0. The van der Waals surface area contributed by atoms with Crippen LogP contribution < -0.4 is 0 Å². The molecule has 1 aliphatic rings. The molecule has 0 radical (unpaired) electrons. The van der Waals surface area contributed by atoms with Gasteiger partial charge >= 0.3 is 5.97 Å². The van der Waals surface area contributed by atoms with E-state index in [1.807, 2.05) is 11.0 Å². The average molecular weight is 333 g/mol. The Morgan fingerprint density at radius 1 is 1.43 bits per heavy atom. The van der Waals surface area contributed by atoms with Crippen molar-refractivity contribution in [1.29, 1.82) is 0 Å². The molecule has 2 aromatic rings. The van der Waals surface area contributed by atoms with Crippen molar-refractivity contribution in [3.05, 3.63) is 57.5 Å². The first-order valence-electron chi connectivity index (χ1n) is 7.92. The molecule has 0 spiro atoms. The van der Waals surface area contributed by atoms with Crippen LogP contribution in [0.4, 0.5) is 4.39 Å². The lowest BCUT2D eigenvalue weighted by Crippen LogP contribution is -2.39. The summed E-state index contributed by atoms with van der Waals surface area (Å²) in [4.78, 5) is 15.9. The van der Waals surface area contributed by atoms with Crippen molar-refractivity contribution in [2.24, 2.45) is 0 Å². The van der Waals surface area contributed by atoms with E-state index in [2.05, 4.69) is 19.1 Å². The van der Waals surface area contributed by atoms with Crippen molar-refractivity contribution in [3.8, 4) is 0 Å². The van der Waals surface area contributed by atoms with Gasteiger partial charge in [0, 0.05) is 16.3 Å². The molecule has 2 atom stereocenters. The fraction of sp³-hybridized carbons (Fsp3) is 0.389. The zero-order chi connectivity index (χ0) is 16.4. The van der Waals surface area contributed by atoms with Crippen LogP contribution in [0.15, 0.2) is 36.4 Å². The topological polar surface area (TPSA) is 40.5 Å². The molecule has 1 aliphatic heterocycles. The second kappa shape index (κ2) is 6.81. The van der Waals surface area contributed by atoms with E-state index in [4.69, 9.17) is 0 Å². The van der Waals surface area contributed by atoms with Gasteiger partial charge in [0.05, 0.1) is 6.04 Å². The van der Waals surface area contributed by atoms with E-state index in [1.54, 1.807) is 17.4 Å². The minimum Gasteiger partial charge on any atom is -0.480 e. The van der Waals surface area contributed by atoms with Gasteiger partial charge in [0.2, 0.25) is 0 Å². The predicted octanol–water partition coefficient (Wildman–Crippen LogP) is 4.09. The number of rotatable bonds is 5. The van der Waals surface area contributed by atoms with Crippen LogP contribution in [-0.4, -0.2) is 28.6 Å². The Balaban J connectivity index is 2.04.